The fraction of sp³-hybridized carbons (Fsp3) is 0.0556. The molecule has 2 N–H and O–H groups in total. The number of benzene rings is 2. The minimum atomic E-state index is -0.216. The molecule has 0 unspecified atom stereocenters. The minimum absolute atomic E-state index is 0.216. The lowest BCUT2D eigenvalue weighted by Crippen LogP contribution is -1.99. The van der Waals surface area contributed by atoms with E-state index < -0.39 is 0 Å². The van der Waals surface area contributed by atoms with E-state index in [0.717, 1.165) is 33.3 Å². The normalized spacial score (nSPS) is 11.8. The van der Waals surface area contributed by atoms with Crippen molar-refractivity contribution in [3.8, 4) is 11.1 Å². The third kappa shape index (κ3) is 2.40. The van der Waals surface area contributed by atoms with E-state index in [1.54, 1.807) is 0 Å². The van der Waals surface area contributed by atoms with Crippen LogP contribution in [0.3, 0.4) is 0 Å². The maximum Gasteiger partial charge on any atom is 0.323 e. The number of H-pyrrole nitrogens is 2. The molecule has 0 fully saturated rings. The SMILES string of the molecule is C=C/C(=C\C)c1cccc(Cl)c1-c1ccc2[nH]c(=O)[nH]c2c1. The molecule has 0 aliphatic rings. The average molecular weight is 311 g/mol. The van der Waals surface area contributed by atoms with Crippen LogP contribution in [0.1, 0.15) is 12.5 Å². The molecule has 22 heavy (non-hydrogen) atoms. The third-order valence-electron chi connectivity index (χ3n) is 3.66. The highest BCUT2D eigenvalue weighted by Gasteiger charge is 2.12. The molecule has 3 rings (SSSR count). The van der Waals surface area contributed by atoms with Gasteiger partial charge in [0.1, 0.15) is 0 Å². The van der Waals surface area contributed by atoms with Crippen molar-refractivity contribution < 1.29 is 0 Å². The van der Waals surface area contributed by atoms with Crippen LogP contribution in [0.2, 0.25) is 5.02 Å². The number of allylic oxidation sites excluding steroid dienone is 3. The topological polar surface area (TPSA) is 48.6 Å². The molecule has 0 spiro atoms. The monoisotopic (exact) mass is 310 g/mol. The molecule has 0 atom stereocenters. The zero-order valence-electron chi connectivity index (χ0n) is 12.1. The highest BCUT2D eigenvalue weighted by Crippen LogP contribution is 2.36. The van der Waals surface area contributed by atoms with E-state index in [-0.39, 0.29) is 5.69 Å². The fourth-order valence-corrected chi connectivity index (χ4v) is 2.91. The number of imidazole rings is 1. The number of rotatable bonds is 3. The zero-order chi connectivity index (χ0) is 15.7. The van der Waals surface area contributed by atoms with Crippen LogP contribution in [0, 0.1) is 0 Å². The lowest BCUT2D eigenvalue weighted by Gasteiger charge is -2.13. The fourth-order valence-electron chi connectivity index (χ4n) is 2.63. The highest BCUT2D eigenvalue weighted by molar-refractivity contribution is 6.34. The Kier molecular flexibility index (Phi) is 3.73. The van der Waals surface area contributed by atoms with Gasteiger partial charge in [-0.1, -0.05) is 48.5 Å². The Bertz CT molecular complexity index is 947. The van der Waals surface area contributed by atoms with E-state index in [9.17, 15) is 4.79 Å². The van der Waals surface area contributed by atoms with Crippen molar-refractivity contribution in [2.45, 2.75) is 6.92 Å². The van der Waals surface area contributed by atoms with Gasteiger partial charge in [0.25, 0.3) is 0 Å². The van der Waals surface area contributed by atoms with Gasteiger partial charge < -0.3 is 9.97 Å². The molecule has 0 bridgehead atoms. The number of halogens is 1. The Morgan fingerprint density at radius 1 is 1.18 bits per heavy atom. The predicted octanol–water partition coefficient (Wildman–Crippen LogP) is 4.77. The second kappa shape index (κ2) is 5.70. The molecule has 1 heterocycles. The molecule has 2 aromatic carbocycles. The Morgan fingerprint density at radius 2 is 1.95 bits per heavy atom. The summed E-state index contributed by atoms with van der Waals surface area (Å²) < 4.78 is 0. The molecule has 0 saturated carbocycles. The van der Waals surface area contributed by atoms with Crippen LogP contribution in [0.15, 0.2) is 59.9 Å². The summed E-state index contributed by atoms with van der Waals surface area (Å²) in [6.07, 6.45) is 3.81. The quantitative estimate of drug-likeness (QED) is 0.673. The Hall–Kier alpha value is -2.52. The van der Waals surface area contributed by atoms with Gasteiger partial charge in [-0.25, -0.2) is 4.79 Å². The van der Waals surface area contributed by atoms with Gasteiger partial charge in [0.15, 0.2) is 0 Å². The number of hydrogen-bond acceptors (Lipinski definition) is 1. The van der Waals surface area contributed by atoms with E-state index >= 15 is 0 Å². The molecule has 0 aliphatic carbocycles. The van der Waals surface area contributed by atoms with Crippen LogP contribution in [0.25, 0.3) is 27.7 Å². The van der Waals surface area contributed by atoms with Crippen molar-refractivity contribution in [2.75, 3.05) is 0 Å². The summed E-state index contributed by atoms with van der Waals surface area (Å²) in [5.41, 5.74) is 5.23. The number of nitrogens with one attached hydrogen (secondary N) is 2. The summed E-state index contributed by atoms with van der Waals surface area (Å²) >= 11 is 6.44. The Labute approximate surface area is 133 Å². The standard InChI is InChI=1S/C18H15ClN2O/c1-3-11(4-2)13-6-5-7-14(19)17(13)12-8-9-15-16(10-12)21-18(22)20-15/h3-10H,1H2,2H3,(H2,20,21,22)/b11-4+. The van der Waals surface area contributed by atoms with Crippen LogP contribution < -0.4 is 5.69 Å². The lowest BCUT2D eigenvalue weighted by atomic mass is 9.94. The molecule has 110 valence electrons. The van der Waals surface area contributed by atoms with E-state index in [1.807, 2.05) is 55.5 Å². The average Bonchev–Trinajstić information content (AvgIpc) is 2.88. The second-order valence-corrected chi connectivity index (χ2v) is 5.36. The van der Waals surface area contributed by atoms with Crippen molar-refractivity contribution in [3.05, 3.63) is 76.2 Å². The molecule has 3 nitrogen and oxygen atoms in total. The van der Waals surface area contributed by atoms with Crippen LogP contribution in [-0.2, 0) is 0 Å². The van der Waals surface area contributed by atoms with Crippen molar-refractivity contribution >= 4 is 28.2 Å². The second-order valence-electron chi connectivity index (χ2n) is 4.95. The van der Waals surface area contributed by atoms with Crippen molar-refractivity contribution in [1.82, 2.24) is 9.97 Å². The van der Waals surface area contributed by atoms with Crippen LogP contribution in [-0.4, -0.2) is 9.97 Å². The van der Waals surface area contributed by atoms with E-state index in [1.165, 1.54) is 0 Å². The summed E-state index contributed by atoms with van der Waals surface area (Å²) in [6.45, 7) is 5.83. The van der Waals surface area contributed by atoms with Crippen LogP contribution in [0.4, 0.5) is 0 Å². The Morgan fingerprint density at radius 3 is 2.68 bits per heavy atom. The zero-order valence-corrected chi connectivity index (χ0v) is 12.9. The van der Waals surface area contributed by atoms with E-state index in [2.05, 4.69) is 16.5 Å². The molecule has 0 radical (unpaired) electrons. The summed E-state index contributed by atoms with van der Waals surface area (Å²) in [5.74, 6) is 0. The number of aromatic amines is 2. The lowest BCUT2D eigenvalue weighted by molar-refractivity contribution is 1.22. The minimum Gasteiger partial charge on any atom is -0.306 e. The molecule has 0 saturated heterocycles. The molecule has 1 aromatic heterocycles. The smallest absolute Gasteiger partial charge is 0.306 e. The largest absolute Gasteiger partial charge is 0.323 e. The molecule has 4 heteroatoms. The highest BCUT2D eigenvalue weighted by atomic mass is 35.5. The van der Waals surface area contributed by atoms with Crippen LogP contribution >= 0.6 is 11.6 Å². The van der Waals surface area contributed by atoms with Crippen molar-refractivity contribution in [2.24, 2.45) is 0 Å². The summed E-state index contributed by atoms with van der Waals surface area (Å²) in [6, 6.07) is 11.5. The van der Waals surface area contributed by atoms with Gasteiger partial charge in [-0.2, -0.15) is 0 Å². The summed E-state index contributed by atoms with van der Waals surface area (Å²) in [4.78, 5) is 16.9. The van der Waals surface area contributed by atoms with E-state index in [0.29, 0.717) is 5.02 Å². The van der Waals surface area contributed by atoms with Gasteiger partial charge in [-0.15, -0.1) is 0 Å². The summed E-state index contributed by atoms with van der Waals surface area (Å²) in [7, 11) is 0. The third-order valence-corrected chi connectivity index (χ3v) is 3.98. The van der Waals surface area contributed by atoms with Crippen molar-refractivity contribution in [3.63, 3.8) is 0 Å². The van der Waals surface area contributed by atoms with Gasteiger partial charge in [-0.3, -0.25) is 0 Å². The molecular formula is C18H15ClN2O. The number of aromatic nitrogens is 2. The maximum atomic E-state index is 11.4. The van der Waals surface area contributed by atoms with Gasteiger partial charge in [0.05, 0.1) is 11.0 Å². The molecular weight excluding hydrogens is 296 g/mol. The first-order valence-corrected chi connectivity index (χ1v) is 7.32. The van der Waals surface area contributed by atoms with Gasteiger partial charge in [0, 0.05) is 10.6 Å². The van der Waals surface area contributed by atoms with Gasteiger partial charge >= 0.3 is 5.69 Å². The molecule has 0 aliphatic heterocycles. The van der Waals surface area contributed by atoms with Gasteiger partial charge in [-0.05, 0) is 41.8 Å². The van der Waals surface area contributed by atoms with E-state index in [4.69, 9.17) is 11.6 Å². The molecule has 3 aromatic rings. The number of fused-ring (bicyclic) bond motifs is 1. The van der Waals surface area contributed by atoms with Crippen molar-refractivity contribution in [1.29, 1.82) is 0 Å². The van der Waals surface area contributed by atoms with Gasteiger partial charge in [0.2, 0.25) is 0 Å². The Balaban J connectivity index is 2.29. The predicted molar refractivity (Wildman–Crippen MR) is 93.2 cm³/mol. The number of hydrogen-bond donors (Lipinski definition) is 2. The first kappa shape index (κ1) is 14.4. The van der Waals surface area contributed by atoms with Crippen LogP contribution in [0.5, 0.6) is 0 Å². The molecule has 0 amide bonds. The summed E-state index contributed by atoms with van der Waals surface area (Å²) in [5, 5.41) is 0.663. The maximum absolute atomic E-state index is 11.4. The first-order chi connectivity index (χ1) is 10.6. The first-order valence-electron chi connectivity index (χ1n) is 6.94.